The van der Waals surface area contributed by atoms with Crippen LogP contribution in [-0.4, -0.2) is 36.4 Å². The van der Waals surface area contributed by atoms with E-state index in [0.717, 1.165) is 77.0 Å². The number of carbonyl (C=O) groups is 2. The van der Waals surface area contributed by atoms with Crippen molar-refractivity contribution in [3.8, 4) is 0 Å². The number of allylic oxidation sites excluding steroid dienone is 14. The van der Waals surface area contributed by atoms with Gasteiger partial charge in [0.15, 0.2) is 6.10 Å². The summed E-state index contributed by atoms with van der Waals surface area (Å²) < 4.78 is 10.7. The molecule has 0 aliphatic rings. The monoisotopic (exact) mass is 835 g/mol. The molecule has 1 unspecified atom stereocenters. The molecule has 0 rings (SSSR count). The zero-order valence-corrected chi connectivity index (χ0v) is 39.2. The Kier molecular flexibility index (Phi) is 48.0. The molecule has 0 aromatic rings. The minimum atomic E-state index is -0.782. The van der Waals surface area contributed by atoms with Crippen molar-refractivity contribution in [1.29, 1.82) is 0 Å². The molecule has 0 radical (unpaired) electrons. The van der Waals surface area contributed by atoms with Crippen LogP contribution in [0.5, 0.6) is 0 Å². The van der Waals surface area contributed by atoms with Crippen molar-refractivity contribution in [3.63, 3.8) is 0 Å². The fraction of sp³-hybridized carbons (Fsp3) is 0.709. The molecule has 0 fully saturated rings. The molecule has 0 spiro atoms. The van der Waals surface area contributed by atoms with Crippen molar-refractivity contribution in [3.05, 3.63) is 85.1 Å². The molecular weight excluding hydrogens is 741 g/mol. The number of aliphatic hydroxyl groups excluding tert-OH is 1. The number of carbonyl (C=O) groups excluding carboxylic acids is 2. The molecule has 0 saturated heterocycles. The number of esters is 2. The van der Waals surface area contributed by atoms with E-state index in [1.54, 1.807) is 0 Å². The lowest BCUT2D eigenvalue weighted by molar-refractivity contribution is -0.161. The maximum atomic E-state index is 12.3. The van der Waals surface area contributed by atoms with Gasteiger partial charge in [-0.2, -0.15) is 0 Å². The summed E-state index contributed by atoms with van der Waals surface area (Å²) in [6.07, 6.45) is 69.5. The molecule has 0 aromatic carbocycles. The third-order valence-electron chi connectivity index (χ3n) is 10.7. The van der Waals surface area contributed by atoms with Gasteiger partial charge in [-0.15, -0.1) is 0 Å². The highest BCUT2D eigenvalue weighted by molar-refractivity contribution is 5.70. The first-order chi connectivity index (χ1) is 29.6. The first kappa shape index (κ1) is 57.1. The van der Waals surface area contributed by atoms with E-state index >= 15 is 0 Å². The molecule has 0 amide bonds. The van der Waals surface area contributed by atoms with Crippen LogP contribution in [0.4, 0.5) is 0 Å². The fourth-order valence-corrected chi connectivity index (χ4v) is 6.91. The number of hydrogen-bond donors (Lipinski definition) is 1. The summed E-state index contributed by atoms with van der Waals surface area (Å²) >= 11 is 0. The molecule has 1 atom stereocenters. The quantitative estimate of drug-likeness (QED) is 0.0376. The van der Waals surface area contributed by atoms with Gasteiger partial charge in [0, 0.05) is 12.8 Å². The van der Waals surface area contributed by atoms with Crippen molar-refractivity contribution in [2.75, 3.05) is 13.2 Å². The van der Waals surface area contributed by atoms with Gasteiger partial charge in [0.1, 0.15) is 6.61 Å². The number of ether oxygens (including phenoxy) is 2. The molecule has 0 bridgehead atoms. The van der Waals surface area contributed by atoms with Gasteiger partial charge in [-0.3, -0.25) is 9.59 Å². The number of hydrogen-bond acceptors (Lipinski definition) is 5. The smallest absolute Gasteiger partial charge is 0.306 e. The van der Waals surface area contributed by atoms with E-state index in [9.17, 15) is 14.7 Å². The van der Waals surface area contributed by atoms with Crippen molar-refractivity contribution < 1.29 is 24.2 Å². The molecular formula is C55H94O5. The zero-order valence-electron chi connectivity index (χ0n) is 39.2. The van der Waals surface area contributed by atoms with Crippen molar-refractivity contribution in [1.82, 2.24) is 0 Å². The molecule has 0 aliphatic heterocycles. The van der Waals surface area contributed by atoms with Crippen molar-refractivity contribution in [2.24, 2.45) is 0 Å². The molecule has 60 heavy (non-hydrogen) atoms. The number of unbranched alkanes of at least 4 members (excludes halogenated alkanes) is 23. The molecule has 0 aliphatic carbocycles. The van der Waals surface area contributed by atoms with Crippen LogP contribution < -0.4 is 0 Å². The third-order valence-corrected chi connectivity index (χ3v) is 10.7. The first-order valence-electron chi connectivity index (χ1n) is 25.1. The molecule has 1 N–H and O–H groups in total. The lowest BCUT2D eigenvalue weighted by Crippen LogP contribution is -2.28. The van der Waals surface area contributed by atoms with Gasteiger partial charge in [-0.05, 0) is 89.9 Å². The summed E-state index contributed by atoms with van der Waals surface area (Å²) in [7, 11) is 0. The molecule has 0 saturated carbocycles. The molecule has 344 valence electrons. The minimum absolute atomic E-state index is 0.0739. The Hall–Kier alpha value is -2.92. The number of rotatable bonds is 45. The van der Waals surface area contributed by atoms with Gasteiger partial charge in [-0.1, -0.05) is 214 Å². The molecule has 0 aromatic heterocycles. The van der Waals surface area contributed by atoms with E-state index < -0.39 is 6.10 Å². The van der Waals surface area contributed by atoms with Crippen LogP contribution in [0.3, 0.4) is 0 Å². The van der Waals surface area contributed by atoms with Gasteiger partial charge in [-0.25, -0.2) is 0 Å². The third kappa shape index (κ3) is 47.8. The molecule has 5 heteroatoms. The summed E-state index contributed by atoms with van der Waals surface area (Å²) in [4.78, 5) is 24.5. The van der Waals surface area contributed by atoms with Crippen molar-refractivity contribution >= 4 is 11.9 Å². The van der Waals surface area contributed by atoms with E-state index in [-0.39, 0.29) is 25.2 Å². The van der Waals surface area contributed by atoms with Gasteiger partial charge < -0.3 is 14.6 Å². The molecule has 5 nitrogen and oxygen atoms in total. The van der Waals surface area contributed by atoms with E-state index in [2.05, 4.69) is 98.9 Å². The minimum Gasteiger partial charge on any atom is -0.462 e. The van der Waals surface area contributed by atoms with Crippen LogP contribution >= 0.6 is 0 Å². The fourth-order valence-electron chi connectivity index (χ4n) is 6.91. The zero-order chi connectivity index (χ0) is 43.5. The highest BCUT2D eigenvalue weighted by Crippen LogP contribution is 2.14. The predicted octanol–water partition coefficient (Wildman–Crippen LogP) is 16.6. The Labute approximate surface area is 371 Å². The topological polar surface area (TPSA) is 72.8 Å². The second kappa shape index (κ2) is 50.4. The van der Waals surface area contributed by atoms with Gasteiger partial charge in [0.25, 0.3) is 0 Å². The second-order valence-electron chi connectivity index (χ2n) is 16.5. The second-order valence-corrected chi connectivity index (χ2v) is 16.5. The Balaban J connectivity index is 3.55. The lowest BCUT2D eigenvalue weighted by atomic mass is 10.1. The average molecular weight is 835 g/mol. The van der Waals surface area contributed by atoms with Gasteiger partial charge in [0.2, 0.25) is 0 Å². The average Bonchev–Trinajstić information content (AvgIpc) is 3.25. The standard InChI is InChI=1S/C55H94O5/c1-3-5-7-9-11-13-15-17-19-21-23-25-26-27-28-30-32-34-36-38-40-42-44-46-48-50-55(58)60-53(51-56)52-59-54(57)49-47-45-43-41-39-37-35-33-31-29-24-22-20-18-16-14-12-10-8-6-4-2/h5,7,11,13,16-19,22-25,27-28,53,56H,3-4,6,8-10,12,14-15,20-21,26,29-52H2,1-2H3/b7-5-,13-11-,18-16-,19-17-,24-22-,25-23-,28-27-. The van der Waals surface area contributed by atoms with E-state index in [0.29, 0.717) is 12.8 Å². The SMILES string of the molecule is CC/C=C\C/C=C\C/C=C\C/C=C\C/C=C\CCCCCCCCCCCC(=O)OC(CO)COC(=O)CCCCCCCCCCC/C=C\C/C=C\CCCCCCC. The van der Waals surface area contributed by atoms with Crippen LogP contribution in [0.2, 0.25) is 0 Å². The predicted molar refractivity (Wildman–Crippen MR) is 260 cm³/mol. The summed E-state index contributed by atoms with van der Waals surface area (Å²) in [5.74, 6) is -0.603. The molecule has 0 heterocycles. The Bertz CT molecular complexity index is 1130. The van der Waals surface area contributed by atoms with Crippen LogP contribution in [0, 0.1) is 0 Å². The lowest BCUT2D eigenvalue weighted by Gasteiger charge is -2.15. The van der Waals surface area contributed by atoms with Crippen LogP contribution in [0.1, 0.15) is 232 Å². The van der Waals surface area contributed by atoms with E-state index in [4.69, 9.17) is 9.47 Å². The maximum Gasteiger partial charge on any atom is 0.306 e. The number of aliphatic hydroxyl groups is 1. The van der Waals surface area contributed by atoms with E-state index in [1.165, 1.54) is 128 Å². The highest BCUT2D eigenvalue weighted by Gasteiger charge is 2.16. The van der Waals surface area contributed by atoms with Crippen LogP contribution in [-0.2, 0) is 19.1 Å². The Morgan fingerprint density at radius 3 is 1.08 bits per heavy atom. The first-order valence-corrected chi connectivity index (χ1v) is 25.1. The van der Waals surface area contributed by atoms with Crippen LogP contribution in [0.25, 0.3) is 0 Å². The largest absolute Gasteiger partial charge is 0.462 e. The van der Waals surface area contributed by atoms with Crippen molar-refractivity contribution in [2.45, 2.75) is 238 Å². The summed E-state index contributed by atoms with van der Waals surface area (Å²) in [5, 5.41) is 9.63. The Morgan fingerprint density at radius 2 is 0.717 bits per heavy atom. The van der Waals surface area contributed by atoms with E-state index in [1.807, 2.05) is 0 Å². The van der Waals surface area contributed by atoms with Gasteiger partial charge in [0.05, 0.1) is 6.61 Å². The Morgan fingerprint density at radius 1 is 0.400 bits per heavy atom. The van der Waals surface area contributed by atoms with Gasteiger partial charge >= 0.3 is 11.9 Å². The van der Waals surface area contributed by atoms with Crippen LogP contribution in [0.15, 0.2) is 85.1 Å². The summed E-state index contributed by atoms with van der Waals surface area (Å²) in [6.45, 7) is 4.02. The summed E-state index contributed by atoms with van der Waals surface area (Å²) in [6, 6.07) is 0. The highest BCUT2D eigenvalue weighted by atomic mass is 16.6. The maximum absolute atomic E-state index is 12.3. The summed E-state index contributed by atoms with van der Waals surface area (Å²) in [5.41, 5.74) is 0. The normalized spacial score (nSPS) is 12.9.